The maximum Gasteiger partial charge on any atom is 0.0604 e. The minimum atomic E-state index is 0.591. The van der Waals surface area contributed by atoms with Gasteiger partial charge in [-0.15, -0.1) is 0 Å². The second kappa shape index (κ2) is 8.09. The lowest BCUT2D eigenvalue weighted by Crippen LogP contribution is -2.52. The van der Waals surface area contributed by atoms with Crippen molar-refractivity contribution in [3.63, 3.8) is 0 Å². The standard InChI is InChI=1S/C23H40N2O/c1-2-6-16(7-3-1)19-8-4-5-9-20(19)18-12-21-22(17-10-11-26-15-17)14-25-23(21)24-13-18/h16-25H,1-15H2. The van der Waals surface area contributed by atoms with Crippen molar-refractivity contribution in [3.05, 3.63) is 0 Å². The third kappa shape index (κ3) is 3.49. The molecular weight excluding hydrogens is 320 g/mol. The number of hydrogen-bond donors (Lipinski definition) is 2. The summed E-state index contributed by atoms with van der Waals surface area (Å²) < 4.78 is 5.74. The number of nitrogens with one attached hydrogen (secondary N) is 2. The van der Waals surface area contributed by atoms with E-state index in [0.717, 1.165) is 54.6 Å². The van der Waals surface area contributed by atoms with Gasteiger partial charge >= 0.3 is 0 Å². The molecular formula is C23H40N2O. The minimum Gasteiger partial charge on any atom is -0.381 e. The van der Waals surface area contributed by atoms with E-state index >= 15 is 0 Å². The molecule has 3 saturated heterocycles. The Labute approximate surface area is 160 Å². The van der Waals surface area contributed by atoms with E-state index in [2.05, 4.69) is 10.6 Å². The third-order valence-electron chi connectivity index (χ3n) is 9.03. The second-order valence-electron chi connectivity index (χ2n) is 10.3. The fourth-order valence-corrected chi connectivity index (χ4v) is 7.71. The van der Waals surface area contributed by atoms with Gasteiger partial charge in [-0.3, -0.25) is 0 Å². The quantitative estimate of drug-likeness (QED) is 0.792. The van der Waals surface area contributed by atoms with Crippen molar-refractivity contribution >= 4 is 0 Å². The Morgan fingerprint density at radius 2 is 1.31 bits per heavy atom. The first-order chi connectivity index (χ1) is 12.9. The van der Waals surface area contributed by atoms with Crippen molar-refractivity contribution in [2.75, 3.05) is 26.3 Å². The van der Waals surface area contributed by atoms with Gasteiger partial charge in [0.15, 0.2) is 0 Å². The molecule has 2 saturated carbocycles. The fourth-order valence-electron chi connectivity index (χ4n) is 7.71. The predicted molar refractivity (Wildman–Crippen MR) is 106 cm³/mol. The van der Waals surface area contributed by atoms with Crippen molar-refractivity contribution in [3.8, 4) is 0 Å². The van der Waals surface area contributed by atoms with E-state index in [9.17, 15) is 0 Å². The molecule has 3 heterocycles. The smallest absolute Gasteiger partial charge is 0.0604 e. The molecule has 0 amide bonds. The number of piperidine rings is 1. The van der Waals surface area contributed by atoms with Gasteiger partial charge in [-0.1, -0.05) is 44.9 Å². The van der Waals surface area contributed by atoms with Crippen LogP contribution in [0, 0.1) is 41.4 Å². The average Bonchev–Trinajstić information content (AvgIpc) is 3.37. The summed E-state index contributed by atoms with van der Waals surface area (Å²) in [6.45, 7) is 4.52. The summed E-state index contributed by atoms with van der Waals surface area (Å²) in [5.74, 6) is 6.60. The maximum atomic E-state index is 5.74. The van der Waals surface area contributed by atoms with Crippen LogP contribution in [-0.4, -0.2) is 32.5 Å². The zero-order valence-corrected chi connectivity index (χ0v) is 16.6. The minimum absolute atomic E-state index is 0.591. The number of ether oxygens (including phenoxy) is 1. The van der Waals surface area contributed by atoms with Crippen molar-refractivity contribution in [2.24, 2.45) is 41.4 Å². The Morgan fingerprint density at radius 3 is 2.08 bits per heavy atom. The van der Waals surface area contributed by atoms with Crippen molar-refractivity contribution in [1.29, 1.82) is 0 Å². The molecule has 0 spiro atoms. The molecule has 5 rings (SSSR count). The van der Waals surface area contributed by atoms with Crippen LogP contribution in [0.4, 0.5) is 0 Å². The van der Waals surface area contributed by atoms with Crippen LogP contribution in [0.5, 0.6) is 0 Å². The summed E-state index contributed by atoms with van der Waals surface area (Å²) in [4.78, 5) is 0. The van der Waals surface area contributed by atoms with Crippen LogP contribution in [-0.2, 0) is 4.74 Å². The molecule has 3 aliphatic heterocycles. The summed E-state index contributed by atoms with van der Waals surface area (Å²) in [7, 11) is 0. The highest BCUT2D eigenvalue weighted by atomic mass is 16.5. The van der Waals surface area contributed by atoms with Gasteiger partial charge in [-0.05, 0) is 73.7 Å². The molecule has 2 N–H and O–H groups in total. The Morgan fingerprint density at radius 1 is 0.577 bits per heavy atom. The average molecular weight is 361 g/mol. The van der Waals surface area contributed by atoms with Gasteiger partial charge in [0.25, 0.3) is 0 Å². The zero-order valence-electron chi connectivity index (χ0n) is 16.6. The van der Waals surface area contributed by atoms with Crippen LogP contribution in [0.1, 0.15) is 70.6 Å². The van der Waals surface area contributed by atoms with Gasteiger partial charge in [0.2, 0.25) is 0 Å². The summed E-state index contributed by atoms with van der Waals surface area (Å²) in [6, 6.07) is 0. The molecule has 3 nitrogen and oxygen atoms in total. The topological polar surface area (TPSA) is 33.3 Å². The first kappa shape index (κ1) is 17.9. The van der Waals surface area contributed by atoms with Crippen LogP contribution in [0.15, 0.2) is 0 Å². The van der Waals surface area contributed by atoms with Gasteiger partial charge in [0.1, 0.15) is 0 Å². The van der Waals surface area contributed by atoms with Crippen molar-refractivity contribution in [1.82, 2.24) is 10.6 Å². The second-order valence-corrected chi connectivity index (χ2v) is 10.3. The first-order valence-corrected chi connectivity index (χ1v) is 11.9. The highest BCUT2D eigenvalue weighted by molar-refractivity contribution is 4.99. The highest BCUT2D eigenvalue weighted by Crippen LogP contribution is 2.48. The van der Waals surface area contributed by atoms with E-state index in [0.29, 0.717) is 6.17 Å². The summed E-state index contributed by atoms with van der Waals surface area (Å²) in [6.07, 6.45) is 17.0. The lowest BCUT2D eigenvalue weighted by atomic mass is 9.61. The Kier molecular flexibility index (Phi) is 5.58. The van der Waals surface area contributed by atoms with Crippen LogP contribution < -0.4 is 10.6 Å². The Bertz CT molecular complexity index is 457. The number of fused-ring (bicyclic) bond motifs is 1. The predicted octanol–water partition coefficient (Wildman–Crippen LogP) is 4.18. The molecule has 7 atom stereocenters. The molecule has 0 aromatic rings. The summed E-state index contributed by atoms with van der Waals surface area (Å²) in [5.41, 5.74) is 0. The third-order valence-corrected chi connectivity index (χ3v) is 9.03. The summed E-state index contributed by atoms with van der Waals surface area (Å²) >= 11 is 0. The van der Waals surface area contributed by atoms with Crippen LogP contribution in [0.3, 0.4) is 0 Å². The molecule has 5 fully saturated rings. The fraction of sp³-hybridized carbons (Fsp3) is 1.00. The largest absolute Gasteiger partial charge is 0.381 e. The van der Waals surface area contributed by atoms with E-state index in [-0.39, 0.29) is 0 Å². The van der Waals surface area contributed by atoms with E-state index in [1.54, 1.807) is 0 Å². The van der Waals surface area contributed by atoms with Crippen LogP contribution in [0.25, 0.3) is 0 Å². The van der Waals surface area contributed by atoms with Gasteiger partial charge in [-0.25, -0.2) is 0 Å². The molecule has 0 aromatic carbocycles. The van der Waals surface area contributed by atoms with Crippen LogP contribution >= 0.6 is 0 Å². The van der Waals surface area contributed by atoms with Gasteiger partial charge in [-0.2, -0.15) is 0 Å². The lowest BCUT2D eigenvalue weighted by molar-refractivity contribution is 0.0444. The van der Waals surface area contributed by atoms with Gasteiger partial charge in [0, 0.05) is 19.8 Å². The monoisotopic (exact) mass is 360 g/mol. The Hall–Kier alpha value is -0.120. The van der Waals surface area contributed by atoms with Crippen molar-refractivity contribution in [2.45, 2.75) is 76.8 Å². The lowest BCUT2D eigenvalue weighted by Gasteiger charge is -2.46. The molecule has 148 valence electrons. The Balaban J connectivity index is 1.27. The normalized spacial score (nSPS) is 47.8. The highest BCUT2D eigenvalue weighted by Gasteiger charge is 2.47. The van der Waals surface area contributed by atoms with E-state index in [4.69, 9.17) is 4.74 Å². The zero-order chi connectivity index (χ0) is 17.3. The SMILES string of the molecule is C1CCC(C2CCCCC2C2CNC3NCC(C4CCOC4)C3C2)CC1. The van der Waals surface area contributed by atoms with Gasteiger partial charge in [0.05, 0.1) is 6.17 Å². The van der Waals surface area contributed by atoms with Crippen LogP contribution in [0.2, 0.25) is 0 Å². The molecule has 26 heavy (non-hydrogen) atoms. The summed E-state index contributed by atoms with van der Waals surface area (Å²) in [5, 5.41) is 7.77. The molecule has 2 aliphatic carbocycles. The van der Waals surface area contributed by atoms with Crippen molar-refractivity contribution < 1.29 is 4.74 Å². The molecule has 0 aromatic heterocycles. The molecule has 0 radical (unpaired) electrons. The van der Waals surface area contributed by atoms with Gasteiger partial charge < -0.3 is 15.4 Å². The van der Waals surface area contributed by atoms with E-state index in [1.807, 2.05) is 0 Å². The van der Waals surface area contributed by atoms with E-state index < -0.39 is 0 Å². The molecule has 7 unspecified atom stereocenters. The number of hydrogen-bond acceptors (Lipinski definition) is 3. The first-order valence-electron chi connectivity index (χ1n) is 11.9. The molecule has 3 heteroatoms. The van der Waals surface area contributed by atoms with E-state index in [1.165, 1.54) is 83.7 Å². The number of rotatable bonds is 3. The maximum absolute atomic E-state index is 5.74. The molecule has 0 bridgehead atoms. The molecule has 5 aliphatic rings.